The first-order valence-corrected chi connectivity index (χ1v) is 2.86. The van der Waals surface area contributed by atoms with E-state index in [4.69, 9.17) is 10.4 Å². The summed E-state index contributed by atoms with van der Waals surface area (Å²) in [6, 6.07) is 3.24. The summed E-state index contributed by atoms with van der Waals surface area (Å²) in [5.41, 5.74) is 1.20. The minimum atomic E-state index is 0.600. The van der Waals surface area contributed by atoms with E-state index in [2.05, 4.69) is 0 Å². The Kier molecular flexibility index (Phi) is 0.768. The third-order valence-corrected chi connectivity index (χ3v) is 1.50. The van der Waals surface area contributed by atoms with Crippen molar-refractivity contribution in [3.05, 3.63) is 24.5 Å². The zero-order chi connectivity index (χ0) is 7.14. The number of hydrogen-bond donors (Lipinski definition) is 2. The molecule has 0 aromatic carbocycles. The smallest absolute Gasteiger partial charge is 0.108 e. The van der Waals surface area contributed by atoms with Gasteiger partial charge in [-0.3, -0.25) is 0 Å². The van der Waals surface area contributed by atoms with Crippen LogP contribution in [0.25, 0.3) is 11.0 Å². The largest absolute Gasteiger partial charge is 0.428 e. The Morgan fingerprint density at radius 2 is 1.30 bits per heavy atom. The van der Waals surface area contributed by atoms with Gasteiger partial charge in [-0.05, 0) is 12.1 Å². The summed E-state index contributed by atoms with van der Waals surface area (Å²) in [7, 11) is 0. The van der Waals surface area contributed by atoms with Crippen molar-refractivity contribution in [3.8, 4) is 0 Å². The van der Waals surface area contributed by atoms with Crippen molar-refractivity contribution in [2.45, 2.75) is 0 Å². The summed E-state index contributed by atoms with van der Waals surface area (Å²) in [6.45, 7) is 0. The molecule has 0 amide bonds. The van der Waals surface area contributed by atoms with Gasteiger partial charge in [0, 0.05) is 12.4 Å². The van der Waals surface area contributed by atoms with Gasteiger partial charge in [0.2, 0.25) is 0 Å². The standard InChI is InChI=1S/C6H6N2O2/c9-7-3-1-5-6(7)2-4-8(5)10/h1-4,9-10H. The minimum Gasteiger partial charge on any atom is -0.428 e. The Morgan fingerprint density at radius 1 is 0.900 bits per heavy atom. The fourth-order valence-corrected chi connectivity index (χ4v) is 1.00. The molecule has 0 aliphatic carbocycles. The highest BCUT2D eigenvalue weighted by molar-refractivity contribution is 5.76. The van der Waals surface area contributed by atoms with Crippen molar-refractivity contribution in [1.29, 1.82) is 0 Å². The van der Waals surface area contributed by atoms with Gasteiger partial charge < -0.3 is 10.4 Å². The van der Waals surface area contributed by atoms with E-state index in [-0.39, 0.29) is 0 Å². The highest BCUT2D eigenvalue weighted by Crippen LogP contribution is 2.13. The second-order valence-electron chi connectivity index (χ2n) is 2.09. The maximum atomic E-state index is 9.02. The van der Waals surface area contributed by atoms with Gasteiger partial charge in [0.25, 0.3) is 0 Å². The molecule has 0 saturated heterocycles. The predicted molar refractivity (Wildman–Crippen MR) is 34.3 cm³/mol. The van der Waals surface area contributed by atoms with E-state index in [0.717, 1.165) is 9.46 Å². The van der Waals surface area contributed by atoms with Crippen molar-refractivity contribution >= 4 is 11.0 Å². The number of hydrogen-bond acceptors (Lipinski definition) is 2. The lowest BCUT2D eigenvalue weighted by Gasteiger charge is -1.87. The van der Waals surface area contributed by atoms with Gasteiger partial charge in [-0.25, -0.2) is 0 Å². The fourth-order valence-electron chi connectivity index (χ4n) is 1.00. The second-order valence-corrected chi connectivity index (χ2v) is 2.09. The number of aromatic nitrogens is 2. The lowest BCUT2D eigenvalue weighted by molar-refractivity contribution is 0.197. The van der Waals surface area contributed by atoms with Crippen LogP contribution >= 0.6 is 0 Å². The minimum absolute atomic E-state index is 0.600. The van der Waals surface area contributed by atoms with Crippen LogP contribution in [0.5, 0.6) is 0 Å². The SMILES string of the molecule is On1ccc2c1ccn2O. The predicted octanol–water partition coefficient (Wildman–Crippen LogP) is 0.917. The normalized spacial score (nSPS) is 10.8. The molecule has 2 rings (SSSR count). The van der Waals surface area contributed by atoms with Crippen LogP contribution in [0, 0.1) is 0 Å². The molecule has 4 heteroatoms. The second kappa shape index (κ2) is 1.47. The molecular formula is C6H6N2O2. The number of fused-ring (bicyclic) bond motifs is 1. The molecule has 2 N–H and O–H groups in total. The highest BCUT2D eigenvalue weighted by atomic mass is 16.5. The summed E-state index contributed by atoms with van der Waals surface area (Å²) in [5.74, 6) is 0. The van der Waals surface area contributed by atoms with E-state index in [1.807, 2.05) is 0 Å². The van der Waals surface area contributed by atoms with Gasteiger partial charge in [0.05, 0.1) is 0 Å². The van der Waals surface area contributed by atoms with Crippen molar-refractivity contribution in [1.82, 2.24) is 9.46 Å². The molecule has 2 aromatic heterocycles. The Labute approximate surface area is 56.4 Å². The first kappa shape index (κ1) is 5.22. The van der Waals surface area contributed by atoms with Crippen LogP contribution in [0.1, 0.15) is 0 Å². The third kappa shape index (κ3) is 0.452. The summed E-state index contributed by atoms with van der Waals surface area (Å²) in [4.78, 5) is 0. The van der Waals surface area contributed by atoms with Gasteiger partial charge in [0.15, 0.2) is 0 Å². The molecule has 4 nitrogen and oxygen atoms in total. The summed E-state index contributed by atoms with van der Waals surface area (Å²) in [6.07, 6.45) is 2.94. The van der Waals surface area contributed by atoms with Crippen LogP contribution in [0.4, 0.5) is 0 Å². The zero-order valence-corrected chi connectivity index (χ0v) is 5.10. The Balaban J connectivity index is 2.95. The average Bonchev–Trinajstić information content (AvgIpc) is 2.41. The molecule has 10 heavy (non-hydrogen) atoms. The third-order valence-electron chi connectivity index (χ3n) is 1.50. The topological polar surface area (TPSA) is 50.3 Å². The first-order valence-electron chi connectivity index (χ1n) is 2.86. The molecule has 52 valence electrons. The lowest BCUT2D eigenvalue weighted by atomic mass is 10.5. The van der Waals surface area contributed by atoms with Crippen LogP contribution in [0.3, 0.4) is 0 Å². The van der Waals surface area contributed by atoms with Crippen molar-refractivity contribution in [3.63, 3.8) is 0 Å². The monoisotopic (exact) mass is 138 g/mol. The van der Waals surface area contributed by atoms with Gasteiger partial charge in [-0.1, -0.05) is 0 Å². The van der Waals surface area contributed by atoms with Crippen LogP contribution in [-0.2, 0) is 0 Å². The van der Waals surface area contributed by atoms with Gasteiger partial charge in [-0.15, -0.1) is 0 Å². The molecular weight excluding hydrogens is 132 g/mol. The Morgan fingerprint density at radius 3 is 1.70 bits per heavy atom. The quantitative estimate of drug-likeness (QED) is 0.532. The summed E-state index contributed by atoms with van der Waals surface area (Å²) in [5, 5.41) is 18.0. The molecule has 0 unspecified atom stereocenters. The van der Waals surface area contributed by atoms with Crippen molar-refractivity contribution in [2.75, 3.05) is 0 Å². The van der Waals surface area contributed by atoms with Gasteiger partial charge in [0.1, 0.15) is 11.0 Å². The maximum Gasteiger partial charge on any atom is 0.108 e. The van der Waals surface area contributed by atoms with E-state index >= 15 is 0 Å². The van der Waals surface area contributed by atoms with Crippen LogP contribution in [-0.4, -0.2) is 19.9 Å². The van der Waals surface area contributed by atoms with E-state index < -0.39 is 0 Å². The molecule has 2 aromatic rings. The van der Waals surface area contributed by atoms with Gasteiger partial charge in [-0.2, -0.15) is 9.46 Å². The van der Waals surface area contributed by atoms with E-state index in [9.17, 15) is 0 Å². The molecule has 0 aliphatic heterocycles. The average molecular weight is 138 g/mol. The van der Waals surface area contributed by atoms with E-state index in [1.54, 1.807) is 12.1 Å². The van der Waals surface area contributed by atoms with E-state index in [1.165, 1.54) is 12.4 Å². The highest BCUT2D eigenvalue weighted by Gasteiger charge is 2.02. The fraction of sp³-hybridized carbons (Fsp3) is 0. The molecule has 0 spiro atoms. The molecule has 0 fully saturated rings. The zero-order valence-electron chi connectivity index (χ0n) is 5.10. The molecule has 0 bridgehead atoms. The lowest BCUT2D eigenvalue weighted by Crippen LogP contribution is -1.84. The van der Waals surface area contributed by atoms with Crippen molar-refractivity contribution < 1.29 is 10.4 Å². The first-order chi connectivity index (χ1) is 4.79. The van der Waals surface area contributed by atoms with Crippen LogP contribution in [0.15, 0.2) is 24.5 Å². The Bertz CT molecular complexity index is 325. The number of nitrogens with zero attached hydrogens (tertiary/aromatic N) is 2. The molecule has 0 aliphatic rings. The molecule has 0 atom stereocenters. The van der Waals surface area contributed by atoms with Crippen LogP contribution < -0.4 is 0 Å². The summed E-state index contributed by atoms with van der Waals surface area (Å²) >= 11 is 0. The molecule has 2 heterocycles. The van der Waals surface area contributed by atoms with Gasteiger partial charge >= 0.3 is 0 Å². The maximum absolute atomic E-state index is 9.02. The molecule has 0 saturated carbocycles. The van der Waals surface area contributed by atoms with Crippen LogP contribution in [0.2, 0.25) is 0 Å². The Hall–Kier alpha value is -1.58. The molecule has 0 radical (unpaired) electrons. The van der Waals surface area contributed by atoms with Crippen molar-refractivity contribution in [2.24, 2.45) is 0 Å². The van der Waals surface area contributed by atoms with E-state index in [0.29, 0.717) is 11.0 Å². The summed E-state index contributed by atoms with van der Waals surface area (Å²) < 4.78 is 1.92. The number of rotatable bonds is 0.